The van der Waals surface area contributed by atoms with Crippen molar-refractivity contribution in [2.24, 2.45) is 0 Å². The Bertz CT molecular complexity index is 1080. The molecule has 5 nitrogen and oxygen atoms in total. The predicted molar refractivity (Wildman–Crippen MR) is 125 cm³/mol. The highest BCUT2D eigenvalue weighted by atomic mass is 35.5. The van der Waals surface area contributed by atoms with Gasteiger partial charge in [-0.2, -0.15) is 0 Å². The zero-order valence-corrected chi connectivity index (χ0v) is 19.3. The molecule has 0 aliphatic heterocycles. The molecule has 7 heteroatoms. The van der Waals surface area contributed by atoms with Gasteiger partial charge >= 0.3 is 5.97 Å². The van der Waals surface area contributed by atoms with Crippen molar-refractivity contribution in [3.8, 4) is 23.0 Å². The summed E-state index contributed by atoms with van der Waals surface area (Å²) in [5, 5.41) is 9.34. The minimum atomic E-state index is -0.810. The maximum absolute atomic E-state index is 13.2. The molecule has 3 aromatic rings. The molecule has 0 fully saturated rings. The van der Waals surface area contributed by atoms with Gasteiger partial charge in [-0.25, -0.2) is 4.39 Å². The normalized spacial score (nSPS) is 11.6. The first kappa shape index (κ1) is 24.4. The number of carboxylic acids is 1. The zero-order chi connectivity index (χ0) is 23.8. The van der Waals surface area contributed by atoms with Crippen molar-refractivity contribution in [3.63, 3.8) is 0 Å². The Hall–Kier alpha value is -3.25. The Balaban J connectivity index is 1.54. The Labute approximate surface area is 197 Å². The number of rotatable bonds is 11. The second kappa shape index (κ2) is 11.6. The van der Waals surface area contributed by atoms with Crippen LogP contribution in [-0.4, -0.2) is 23.8 Å². The molecule has 0 bridgehead atoms. The number of carboxylic acid groups (broad SMARTS) is 1. The van der Waals surface area contributed by atoms with Gasteiger partial charge in [-0.05, 0) is 79.9 Å². The smallest absolute Gasteiger partial charge is 0.303 e. The number of aryl methyl sites for hydroxylation is 2. The molecular weight excluding hydrogens is 447 g/mol. The summed E-state index contributed by atoms with van der Waals surface area (Å²) in [7, 11) is 0. The van der Waals surface area contributed by atoms with Crippen LogP contribution in [0.3, 0.4) is 0 Å². The minimum absolute atomic E-state index is 0.105. The van der Waals surface area contributed by atoms with Gasteiger partial charge in [-0.15, -0.1) is 0 Å². The van der Waals surface area contributed by atoms with Crippen molar-refractivity contribution >= 4 is 17.6 Å². The standard InChI is InChI=1S/C26H26ClFO5/c1-17-15-23(8-3-19(17)4-12-26(29)30)31-14-13-18(2)32-24-11-5-20(27)16-25(24)33-22-9-6-21(28)7-10-22/h3,5-11,15-16,18H,4,12-14H2,1-2H3,(H,29,30)/t18-/m0/s1. The molecule has 174 valence electrons. The maximum atomic E-state index is 13.2. The van der Waals surface area contributed by atoms with Crippen molar-refractivity contribution in [3.05, 3.63) is 82.6 Å². The second-order valence-electron chi connectivity index (χ2n) is 7.69. The summed E-state index contributed by atoms with van der Waals surface area (Å²) in [6, 6.07) is 16.5. The predicted octanol–water partition coefficient (Wildman–Crippen LogP) is 6.83. The summed E-state index contributed by atoms with van der Waals surface area (Å²) in [5.41, 5.74) is 2.00. The summed E-state index contributed by atoms with van der Waals surface area (Å²) in [4.78, 5) is 10.8. The molecule has 1 N–H and O–H groups in total. The van der Waals surface area contributed by atoms with Gasteiger partial charge in [0.25, 0.3) is 0 Å². The van der Waals surface area contributed by atoms with Crippen LogP contribution in [0.2, 0.25) is 5.02 Å². The zero-order valence-electron chi connectivity index (χ0n) is 18.5. The fraction of sp³-hybridized carbons (Fsp3) is 0.269. The van der Waals surface area contributed by atoms with Crippen molar-refractivity contribution in [2.45, 2.75) is 39.2 Å². The van der Waals surface area contributed by atoms with Crippen molar-refractivity contribution in [1.82, 2.24) is 0 Å². The van der Waals surface area contributed by atoms with E-state index in [1.807, 2.05) is 32.0 Å². The first-order valence-corrected chi connectivity index (χ1v) is 11.0. The minimum Gasteiger partial charge on any atom is -0.493 e. The molecule has 0 unspecified atom stereocenters. The molecule has 0 radical (unpaired) electrons. The van der Waals surface area contributed by atoms with Crippen LogP contribution in [0.5, 0.6) is 23.0 Å². The molecule has 0 aliphatic carbocycles. The van der Waals surface area contributed by atoms with Crippen LogP contribution in [0.25, 0.3) is 0 Å². The molecule has 0 amide bonds. The third-order valence-corrected chi connectivity index (χ3v) is 5.23. The average Bonchev–Trinajstić information content (AvgIpc) is 2.76. The summed E-state index contributed by atoms with van der Waals surface area (Å²) >= 11 is 6.11. The van der Waals surface area contributed by atoms with Gasteiger partial charge in [0.15, 0.2) is 11.5 Å². The second-order valence-corrected chi connectivity index (χ2v) is 8.13. The highest BCUT2D eigenvalue weighted by Gasteiger charge is 2.12. The lowest BCUT2D eigenvalue weighted by atomic mass is 10.0. The van der Waals surface area contributed by atoms with Gasteiger partial charge in [0.2, 0.25) is 0 Å². The van der Waals surface area contributed by atoms with Crippen LogP contribution in [0.1, 0.15) is 30.9 Å². The fourth-order valence-corrected chi connectivity index (χ4v) is 3.35. The first-order chi connectivity index (χ1) is 15.8. The van der Waals surface area contributed by atoms with Crippen molar-refractivity contribution in [1.29, 1.82) is 0 Å². The van der Waals surface area contributed by atoms with Gasteiger partial charge in [-0.1, -0.05) is 17.7 Å². The third-order valence-electron chi connectivity index (χ3n) is 4.99. The Morgan fingerprint density at radius 1 is 1.03 bits per heavy atom. The summed E-state index contributed by atoms with van der Waals surface area (Å²) in [6.45, 7) is 4.32. The summed E-state index contributed by atoms with van der Waals surface area (Å²) in [6.07, 6.45) is 1.06. The van der Waals surface area contributed by atoms with E-state index < -0.39 is 5.97 Å². The number of benzene rings is 3. The highest BCUT2D eigenvalue weighted by Crippen LogP contribution is 2.35. The fourth-order valence-electron chi connectivity index (χ4n) is 3.19. The Kier molecular flexibility index (Phi) is 8.55. The molecule has 1 atom stereocenters. The SMILES string of the molecule is Cc1cc(OCC[C@H](C)Oc2ccc(Cl)cc2Oc2ccc(F)cc2)ccc1CCC(=O)O. The Morgan fingerprint density at radius 2 is 1.76 bits per heavy atom. The van der Waals surface area contributed by atoms with Gasteiger partial charge in [-0.3, -0.25) is 4.79 Å². The topological polar surface area (TPSA) is 65.0 Å². The van der Waals surface area contributed by atoms with E-state index in [0.29, 0.717) is 41.7 Å². The average molecular weight is 473 g/mol. The molecule has 3 aromatic carbocycles. The molecule has 0 saturated carbocycles. The molecular formula is C26H26ClFO5. The quantitative estimate of drug-likeness (QED) is 0.331. The number of aliphatic carboxylic acids is 1. The molecule has 3 rings (SSSR count). The maximum Gasteiger partial charge on any atom is 0.303 e. The van der Waals surface area contributed by atoms with Gasteiger partial charge in [0, 0.05) is 23.9 Å². The van der Waals surface area contributed by atoms with E-state index in [1.54, 1.807) is 18.2 Å². The van der Waals surface area contributed by atoms with Gasteiger partial charge in [0.05, 0.1) is 12.7 Å². The van der Waals surface area contributed by atoms with E-state index in [0.717, 1.165) is 16.9 Å². The first-order valence-electron chi connectivity index (χ1n) is 10.6. The number of hydrogen-bond donors (Lipinski definition) is 1. The molecule has 0 spiro atoms. The van der Waals surface area contributed by atoms with E-state index in [1.165, 1.54) is 24.3 Å². The Morgan fingerprint density at radius 3 is 2.45 bits per heavy atom. The lowest BCUT2D eigenvalue weighted by Crippen LogP contribution is -2.16. The van der Waals surface area contributed by atoms with E-state index in [-0.39, 0.29) is 18.3 Å². The molecule has 0 saturated heterocycles. The van der Waals surface area contributed by atoms with Gasteiger partial charge in [0.1, 0.15) is 17.3 Å². The van der Waals surface area contributed by atoms with E-state index in [2.05, 4.69) is 0 Å². The monoisotopic (exact) mass is 472 g/mol. The van der Waals surface area contributed by atoms with Crippen LogP contribution >= 0.6 is 11.6 Å². The van der Waals surface area contributed by atoms with Crippen LogP contribution in [0.15, 0.2) is 60.7 Å². The lowest BCUT2D eigenvalue weighted by molar-refractivity contribution is -0.136. The summed E-state index contributed by atoms with van der Waals surface area (Å²) < 4.78 is 30.9. The number of carbonyl (C=O) groups is 1. The van der Waals surface area contributed by atoms with Crippen molar-refractivity contribution in [2.75, 3.05) is 6.61 Å². The molecule has 33 heavy (non-hydrogen) atoms. The lowest BCUT2D eigenvalue weighted by Gasteiger charge is -2.18. The van der Waals surface area contributed by atoms with Crippen LogP contribution in [-0.2, 0) is 11.2 Å². The largest absolute Gasteiger partial charge is 0.493 e. The molecule has 0 aromatic heterocycles. The van der Waals surface area contributed by atoms with Crippen molar-refractivity contribution < 1.29 is 28.5 Å². The van der Waals surface area contributed by atoms with Crippen LogP contribution in [0, 0.1) is 12.7 Å². The summed E-state index contributed by atoms with van der Waals surface area (Å²) in [5.74, 6) is 1.01. The number of ether oxygens (including phenoxy) is 3. The van der Waals surface area contributed by atoms with Crippen LogP contribution < -0.4 is 14.2 Å². The molecule has 0 aliphatic rings. The van der Waals surface area contributed by atoms with E-state index >= 15 is 0 Å². The number of hydrogen-bond acceptors (Lipinski definition) is 4. The van der Waals surface area contributed by atoms with Gasteiger partial charge < -0.3 is 19.3 Å². The van der Waals surface area contributed by atoms with E-state index in [9.17, 15) is 9.18 Å². The highest BCUT2D eigenvalue weighted by molar-refractivity contribution is 6.30. The van der Waals surface area contributed by atoms with E-state index in [4.69, 9.17) is 30.9 Å². The molecule has 0 heterocycles. The van der Waals surface area contributed by atoms with Crippen LogP contribution in [0.4, 0.5) is 4.39 Å². The third kappa shape index (κ3) is 7.68. The number of halogens is 2.